The van der Waals surface area contributed by atoms with E-state index < -0.39 is 0 Å². The molecule has 0 amide bonds. The zero-order valence-electron chi connectivity index (χ0n) is 11.4. The summed E-state index contributed by atoms with van der Waals surface area (Å²) in [5.41, 5.74) is 9.93. The molecule has 0 spiro atoms. The second-order valence-corrected chi connectivity index (χ2v) is 5.91. The van der Waals surface area contributed by atoms with Crippen LogP contribution in [0.1, 0.15) is 28.4 Å². The minimum Gasteiger partial charge on any atom is -0.330 e. The van der Waals surface area contributed by atoms with Crippen LogP contribution in [0.4, 0.5) is 0 Å². The fourth-order valence-electron chi connectivity index (χ4n) is 2.13. The molecule has 0 aliphatic rings. The van der Waals surface area contributed by atoms with Gasteiger partial charge in [0.05, 0.1) is 0 Å². The van der Waals surface area contributed by atoms with Gasteiger partial charge in [-0.2, -0.15) is 0 Å². The summed E-state index contributed by atoms with van der Waals surface area (Å²) in [5, 5.41) is 0.491. The van der Waals surface area contributed by atoms with Crippen LogP contribution in [0.5, 0.6) is 0 Å². The molecule has 2 aromatic rings. The van der Waals surface area contributed by atoms with E-state index in [1.165, 1.54) is 16.7 Å². The Kier molecular flexibility index (Phi) is 5.49. The molecule has 1 nitrogen and oxygen atoms in total. The molecule has 1 atom stereocenters. The lowest BCUT2D eigenvalue weighted by Gasteiger charge is -2.17. The SMILES string of the molecule is Cc1ccccc1CSC(CCN)c1ccccc1. The summed E-state index contributed by atoms with van der Waals surface area (Å²) >= 11 is 1.99. The molecular weight excluding hydrogens is 250 g/mol. The van der Waals surface area contributed by atoms with E-state index in [-0.39, 0.29) is 0 Å². The van der Waals surface area contributed by atoms with Crippen molar-refractivity contribution in [3.8, 4) is 0 Å². The van der Waals surface area contributed by atoms with Crippen molar-refractivity contribution in [2.45, 2.75) is 24.3 Å². The third kappa shape index (κ3) is 4.12. The van der Waals surface area contributed by atoms with E-state index in [0.717, 1.165) is 18.7 Å². The number of thioether (sulfide) groups is 1. The molecule has 2 heteroatoms. The highest BCUT2D eigenvalue weighted by molar-refractivity contribution is 7.98. The highest BCUT2D eigenvalue weighted by Gasteiger charge is 2.11. The van der Waals surface area contributed by atoms with Crippen LogP contribution in [0, 0.1) is 6.92 Å². The van der Waals surface area contributed by atoms with Gasteiger partial charge in [0.1, 0.15) is 0 Å². The van der Waals surface area contributed by atoms with Crippen LogP contribution in [-0.4, -0.2) is 6.54 Å². The highest BCUT2D eigenvalue weighted by atomic mass is 32.2. The Morgan fingerprint density at radius 2 is 1.68 bits per heavy atom. The quantitative estimate of drug-likeness (QED) is 0.847. The molecule has 19 heavy (non-hydrogen) atoms. The van der Waals surface area contributed by atoms with Crippen LogP contribution in [0.3, 0.4) is 0 Å². The molecular formula is C17H21NS. The normalized spacial score (nSPS) is 12.3. The first-order valence-corrected chi connectivity index (χ1v) is 7.77. The second kappa shape index (κ2) is 7.37. The second-order valence-electron chi connectivity index (χ2n) is 4.71. The third-order valence-corrected chi connectivity index (χ3v) is 4.69. The average molecular weight is 271 g/mol. The van der Waals surface area contributed by atoms with Crippen LogP contribution in [0.2, 0.25) is 0 Å². The standard InChI is InChI=1S/C17H21NS/c1-14-7-5-6-10-16(14)13-19-17(11-12-18)15-8-3-2-4-9-15/h2-10,17H,11-13,18H2,1H3. The predicted molar refractivity (Wildman–Crippen MR) is 85.3 cm³/mol. The van der Waals surface area contributed by atoms with E-state index >= 15 is 0 Å². The van der Waals surface area contributed by atoms with Crippen LogP contribution >= 0.6 is 11.8 Å². The lowest BCUT2D eigenvalue weighted by molar-refractivity contribution is 0.813. The Morgan fingerprint density at radius 3 is 2.37 bits per heavy atom. The Morgan fingerprint density at radius 1 is 1.00 bits per heavy atom. The van der Waals surface area contributed by atoms with Crippen molar-refractivity contribution in [1.29, 1.82) is 0 Å². The van der Waals surface area contributed by atoms with Crippen molar-refractivity contribution < 1.29 is 0 Å². The van der Waals surface area contributed by atoms with Gasteiger partial charge in [0.15, 0.2) is 0 Å². The zero-order chi connectivity index (χ0) is 13.5. The van der Waals surface area contributed by atoms with Crippen molar-refractivity contribution in [1.82, 2.24) is 0 Å². The first-order valence-electron chi connectivity index (χ1n) is 6.72. The van der Waals surface area contributed by atoms with Gasteiger partial charge >= 0.3 is 0 Å². The maximum absolute atomic E-state index is 5.75. The number of benzene rings is 2. The fraction of sp³-hybridized carbons (Fsp3) is 0.294. The van der Waals surface area contributed by atoms with Gasteiger partial charge in [-0.15, -0.1) is 11.8 Å². The molecule has 1 unspecified atom stereocenters. The average Bonchev–Trinajstić information content (AvgIpc) is 2.46. The van der Waals surface area contributed by atoms with Crippen LogP contribution in [0.15, 0.2) is 54.6 Å². The number of nitrogens with two attached hydrogens (primary N) is 1. The number of hydrogen-bond acceptors (Lipinski definition) is 2. The van der Waals surface area contributed by atoms with Crippen LogP contribution < -0.4 is 5.73 Å². The smallest absolute Gasteiger partial charge is 0.0312 e. The van der Waals surface area contributed by atoms with Gasteiger partial charge in [-0.3, -0.25) is 0 Å². The Hall–Kier alpha value is -1.25. The zero-order valence-corrected chi connectivity index (χ0v) is 12.2. The molecule has 0 fully saturated rings. The first kappa shape index (κ1) is 14.2. The molecule has 0 heterocycles. The molecule has 100 valence electrons. The van der Waals surface area contributed by atoms with Crippen molar-refractivity contribution in [2.24, 2.45) is 5.73 Å². The van der Waals surface area contributed by atoms with E-state index in [1.807, 2.05) is 11.8 Å². The van der Waals surface area contributed by atoms with Crippen LogP contribution in [-0.2, 0) is 5.75 Å². The van der Waals surface area contributed by atoms with Crippen molar-refractivity contribution in [2.75, 3.05) is 6.54 Å². The van der Waals surface area contributed by atoms with E-state index in [0.29, 0.717) is 5.25 Å². The summed E-state index contributed by atoms with van der Waals surface area (Å²) < 4.78 is 0. The molecule has 0 saturated carbocycles. The van der Waals surface area contributed by atoms with E-state index in [2.05, 4.69) is 61.5 Å². The van der Waals surface area contributed by atoms with Crippen molar-refractivity contribution in [3.63, 3.8) is 0 Å². The molecule has 2 N–H and O–H groups in total. The minimum absolute atomic E-state index is 0.491. The first-order chi connectivity index (χ1) is 9.31. The Balaban J connectivity index is 2.04. The maximum Gasteiger partial charge on any atom is 0.0312 e. The maximum atomic E-state index is 5.75. The van der Waals surface area contributed by atoms with Crippen molar-refractivity contribution in [3.05, 3.63) is 71.3 Å². The molecule has 0 aliphatic heterocycles. The molecule has 0 aliphatic carbocycles. The Labute approximate surface area is 120 Å². The number of rotatable bonds is 6. The molecule has 2 rings (SSSR count). The number of aryl methyl sites for hydroxylation is 1. The summed E-state index contributed by atoms with van der Waals surface area (Å²) in [5.74, 6) is 1.05. The summed E-state index contributed by atoms with van der Waals surface area (Å²) in [7, 11) is 0. The number of hydrogen-bond donors (Lipinski definition) is 1. The van der Waals surface area contributed by atoms with E-state index in [4.69, 9.17) is 5.73 Å². The van der Waals surface area contributed by atoms with Gasteiger partial charge in [0.2, 0.25) is 0 Å². The van der Waals surface area contributed by atoms with E-state index in [9.17, 15) is 0 Å². The van der Waals surface area contributed by atoms with Crippen LogP contribution in [0.25, 0.3) is 0 Å². The monoisotopic (exact) mass is 271 g/mol. The molecule has 0 bridgehead atoms. The summed E-state index contributed by atoms with van der Waals surface area (Å²) in [6.07, 6.45) is 1.03. The topological polar surface area (TPSA) is 26.0 Å². The highest BCUT2D eigenvalue weighted by Crippen LogP contribution is 2.34. The minimum atomic E-state index is 0.491. The van der Waals surface area contributed by atoms with Crippen molar-refractivity contribution >= 4 is 11.8 Å². The van der Waals surface area contributed by atoms with Gasteiger partial charge < -0.3 is 5.73 Å². The summed E-state index contributed by atoms with van der Waals surface area (Å²) in [6.45, 7) is 2.91. The Bertz CT molecular complexity index is 496. The van der Waals surface area contributed by atoms with Gasteiger partial charge in [0, 0.05) is 11.0 Å². The van der Waals surface area contributed by atoms with Gasteiger partial charge in [-0.25, -0.2) is 0 Å². The molecule has 0 aromatic heterocycles. The van der Waals surface area contributed by atoms with Gasteiger partial charge in [0.25, 0.3) is 0 Å². The molecule has 0 saturated heterocycles. The third-order valence-electron chi connectivity index (χ3n) is 3.30. The molecule has 0 radical (unpaired) electrons. The molecule has 2 aromatic carbocycles. The lowest BCUT2D eigenvalue weighted by atomic mass is 10.1. The fourth-order valence-corrected chi connectivity index (χ4v) is 3.48. The summed E-state index contributed by atoms with van der Waals surface area (Å²) in [4.78, 5) is 0. The summed E-state index contributed by atoms with van der Waals surface area (Å²) in [6, 6.07) is 19.3. The largest absolute Gasteiger partial charge is 0.330 e. The van der Waals surface area contributed by atoms with Gasteiger partial charge in [-0.1, -0.05) is 54.6 Å². The lowest BCUT2D eigenvalue weighted by Crippen LogP contribution is -2.05. The van der Waals surface area contributed by atoms with E-state index in [1.54, 1.807) is 0 Å². The van der Waals surface area contributed by atoms with Gasteiger partial charge in [-0.05, 0) is 36.6 Å². The predicted octanol–water partition coefficient (Wildman–Crippen LogP) is 4.32.